The fourth-order valence-corrected chi connectivity index (χ4v) is 5.51. The fraction of sp³-hybridized carbons (Fsp3) is 0.880. The van der Waals surface area contributed by atoms with Gasteiger partial charge in [-0.1, -0.05) is 20.8 Å². The zero-order valence-electron chi connectivity index (χ0n) is 23.5. The third-order valence-corrected chi connectivity index (χ3v) is 11.4. The fourth-order valence-electron chi connectivity index (χ4n) is 4.16. The molecule has 1 N–H and O–H groups in total. The van der Waals surface area contributed by atoms with Crippen LogP contribution in [0.5, 0.6) is 0 Å². The van der Waals surface area contributed by atoms with Crippen molar-refractivity contribution >= 4 is 26.4 Å². The van der Waals surface area contributed by atoms with Gasteiger partial charge in [-0.2, -0.15) is 0 Å². The number of aliphatic hydroxyl groups is 1. The number of amides is 3. The van der Waals surface area contributed by atoms with Gasteiger partial charge in [-0.15, -0.1) is 0 Å². The Kier molecular flexibility index (Phi) is 8.17. The summed E-state index contributed by atoms with van der Waals surface area (Å²) in [6, 6.07) is 0. The van der Waals surface area contributed by atoms with Gasteiger partial charge in [0.2, 0.25) is 5.91 Å². The van der Waals surface area contributed by atoms with Crippen molar-refractivity contribution in [2.24, 2.45) is 5.92 Å². The summed E-state index contributed by atoms with van der Waals surface area (Å²) in [5, 5.41) is 11.7. The number of carbonyl (C=O) groups excluding carboxylic acids is 3. The van der Waals surface area contributed by atoms with Gasteiger partial charge in [0.25, 0.3) is 0 Å². The first-order valence-electron chi connectivity index (χ1n) is 12.5. The molecular formula is C25H46N2O7Si. The van der Waals surface area contributed by atoms with Gasteiger partial charge in [0.15, 0.2) is 8.32 Å². The molecule has 9 nitrogen and oxygen atoms in total. The van der Waals surface area contributed by atoms with Gasteiger partial charge in [-0.3, -0.25) is 9.69 Å². The molecule has 2 heterocycles. The largest absolute Gasteiger partial charge is 0.444 e. The smallest absolute Gasteiger partial charge is 0.417 e. The number of imide groups is 1. The molecule has 202 valence electrons. The maximum Gasteiger partial charge on any atom is 0.417 e. The van der Waals surface area contributed by atoms with Crippen LogP contribution in [0.4, 0.5) is 9.59 Å². The van der Waals surface area contributed by atoms with E-state index in [1.165, 1.54) is 4.90 Å². The van der Waals surface area contributed by atoms with E-state index in [9.17, 15) is 19.5 Å². The molecule has 2 saturated heterocycles. The normalized spacial score (nSPS) is 26.3. The lowest BCUT2D eigenvalue weighted by molar-refractivity contribution is -0.136. The molecule has 35 heavy (non-hydrogen) atoms. The predicted molar refractivity (Wildman–Crippen MR) is 135 cm³/mol. The van der Waals surface area contributed by atoms with E-state index in [2.05, 4.69) is 33.9 Å². The molecule has 0 saturated carbocycles. The van der Waals surface area contributed by atoms with Gasteiger partial charge in [0.05, 0.1) is 12.6 Å². The van der Waals surface area contributed by atoms with Crippen LogP contribution < -0.4 is 0 Å². The van der Waals surface area contributed by atoms with Gasteiger partial charge >= 0.3 is 12.2 Å². The lowest BCUT2D eigenvalue weighted by Gasteiger charge is -2.38. The zero-order valence-corrected chi connectivity index (χ0v) is 24.5. The van der Waals surface area contributed by atoms with Crippen molar-refractivity contribution in [3.05, 3.63) is 0 Å². The molecule has 2 aliphatic heterocycles. The molecule has 3 amide bonds. The van der Waals surface area contributed by atoms with E-state index in [0.29, 0.717) is 6.42 Å². The third-order valence-electron chi connectivity index (χ3n) is 6.83. The van der Waals surface area contributed by atoms with Crippen LogP contribution in [0.3, 0.4) is 0 Å². The number of ether oxygens (including phenoxy) is 2. The lowest BCUT2D eigenvalue weighted by atomic mass is 9.93. The molecule has 0 radical (unpaired) electrons. The predicted octanol–water partition coefficient (Wildman–Crippen LogP) is 4.88. The maximum absolute atomic E-state index is 13.1. The summed E-state index contributed by atoms with van der Waals surface area (Å²) < 4.78 is 17.5. The topological polar surface area (TPSA) is 106 Å². The van der Waals surface area contributed by atoms with Gasteiger partial charge in [-0.25, -0.2) is 14.5 Å². The summed E-state index contributed by atoms with van der Waals surface area (Å²) in [6.45, 7) is 21.6. The van der Waals surface area contributed by atoms with Crippen molar-refractivity contribution in [2.45, 2.75) is 123 Å². The molecular weight excluding hydrogens is 468 g/mol. The molecule has 0 aromatic rings. The molecule has 3 atom stereocenters. The van der Waals surface area contributed by atoms with Crippen LogP contribution in [0.15, 0.2) is 0 Å². The maximum atomic E-state index is 13.1. The average molecular weight is 515 g/mol. The molecule has 0 aromatic carbocycles. The first-order chi connectivity index (χ1) is 15.5. The Bertz CT molecular complexity index is 825. The summed E-state index contributed by atoms with van der Waals surface area (Å²) in [7, 11) is -2.18. The van der Waals surface area contributed by atoms with Crippen molar-refractivity contribution in [1.29, 1.82) is 0 Å². The van der Waals surface area contributed by atoms with E-state index >= 15 is 0 Å². The molecule has 2 aliphatic rings. The first-order valence-corrected chi connectivity index (χ1v) is 15.4. The number of carbonyl (C=O) groups is 3. The van der Waals surface area contributed by atoms with Crippen molar-refractivity contribution in [1.82, 2.24) is 9.80 Å². The molecule has 10 heteroatoms. The standard InChI is InChI=1S/C25H46N2O7Si/c1-22(2,3)32-20(29)26-13-12-17(19(26)28)14-25(31)15-18(34-35(10,11)24(7,8)9)16-27(25)21(30)33-23(4,5)6/h17-18,31H,12-16H2,1-11H3/t17-,18+,25-/m0/s1. The second-order valence-electron chi connectivity index (χ2n) is 13.4. The number of likely N-dealkylation sites (tertiary alicyclic amines) is 2. The third kappa shape index (κ3) is 7.42. The Morgan fingerprint density at radius 2 is 1.51 bits per heavy atom. The second kappa shape index (κ2) is 9.66. The van der Waals surface area contributed by atoms with Gasteiger partial charge in [0, 0.05) is 25.3 Å². The van der Waals surface area contributed by atoms with Gasteiger partial charge < -0.3 is 19.0 Å². The van der Waals surface area contributed by atoms with Crippen molar-refractivity contribution in [3.63, 3.8) is 0 Å². The van der Waals surface area contributed by atoms with Crippen LogP contribution >= 0.6 is 0 Å². The SMILES string of the molecule is CC(C)(C)OC(=O)N1CC[C@@H](C[C@]2(O)C[C@@H](O[Si](C)(C)C(C)(C)C)CN2C(=O)OC(C)(C)C)C1=O. The summed E-state index contributed by atoms with van der Waals surface area (Å²) in [5.74, 6) is -1.02. The zero-order chi connectivity index (χ0) is 27.2. The van der Waals surface area contributed by atoms with E-state index in [0.717, 1.165) is 4.90 Å². The van der Waals surface area contributed by atoms with E-state index in [1.807, 2.05) is 0 Å². The highest BCUT2D eigenvalue weighted by Gasteiger charge is 2.54. The van der Waals surface area contributed by atoms with E-state index < -0.39 is 49.3 Å². The highest BCUT2D eigenvalue weighted by atomic mass is 28.4. The Balaban J connectivity index is 2.24. The Morgan fingerprint density at radius 1 is 1.00 bits per heavy atom. The van der Waals surface area contributed by atoms with E-state index in [4.69, 9.17) is 13.9 Å². The minimum atomic E-state index is -2.18. The first kappa shape index (κ1) is 29.6. The number of nitrogens with zero attached hydrogens (tertiary/aromatic N) is 2. The van der Waals surface area contributed by atoms with Crippen molar-refractivity contribution in [3.8, 4) is 0 Å². The molecule has 0 unspecified atom stereocenters. The van der Waals surface area contributed by atoms with Gasteiger partial charge in [-0.05, 0) is 66.1 Å². The van der Waals surface area contributed by atoms with Crippen LogP contribution in [-0.4, -0.2) is 77.4 Å². The monoisotopic (exact) mass is 514 g/mol. The van der Waals surface area contributed by atoms with Crippen LogP contribution in [-0.2, 0) is 18.7 Å². The highest BCUT2D eigenvalue weighted by Crippen LogP contribution is 2.43. The highest BCUT2D eigenvalue weighted by molar-refractivity contribution is 6.74. The molecule has 0 aromatic heterocycles. The number of hydrogen-bond donors (Lipinski definition) is 1. The molecule has 2 fully saturated rings. The van der Waals surface area contributed by atoms with Crippen molar-refractivity contribution in [2.75, 3.05) is 13.1 Å². The van der Waals surface area contributed by atoms with Gasteiger partial charge in [0.1, 0.15) is 16.9 Å². The van der Waals surface area contributed by atoms with Crippen LogP contribution in [0, 0.1) is 5.92 Å². The van der Waals surface area contributed by atoms with Crippen LogP contribution in [0.1, 0.15) is 81.6 Å². The summed E-state index contributed by atoms with van der Waals surface area (Å²) >= 11 is 0. The minimum Gasteiger partial charge on any atom is -0.444 e. The second-order valence-corrected chi connectivity index (χ2v) is 18.2. The Hall–Kier alpha value is -1.65. The summed E-state index contributed by atoms with van der Waals surface area (Å²) in [6.07, 6.45) is -1.15. The van der Waals surface area contributed by atoms with Crippen LogP contribution in [0.2, 0.25) is 18.1 Å². The average Bonchev–Trinajstić information content (AvgIpc) is 3.11. The van der Waals surface area contributed by atoms with E-state index in [-0.39, 0.29) is 37.1 Å². The Morgan fingerprint density at radius 3 is 2.00 bits per heavy atom. The lowest BCUT2D eigenvalue weighted by Crippen LogP contribution is -2.50. The summed E-state index contributed by atoms with van der Waals surface area (Å²) in [4.78, 5) is 41.0. The molecule has 2 rings (SSSR count). The summed E-state index contributed by atoms with van der Waals surface area (Å²) in [5.41, 5.74) is -3.09. The molecule has 0 spiro atoms. The Labute approximate surface area is 211 Å². The molecule has 0 aliphatic carbocycles. The van der Waals surface area contributed by atoms with Crippen LogP contribution in [0.25, 0.3) is 0 Å². The van der Waals surface area contributed by atoms with E-state index in [1.54, 1.807) is 41.5 Å². The van der Waals surface area contributed by atoms with Crippen molar-refractivity contribution < 1.29 is 33.4 Å². The molecule has 0 bridgehead atoms. The number of rotatable bonds is 4. The number of hydrogen-bond acceptors (Lipinski definition) is 7. The quantitative estimate of drug-likeness (QED) is 0.533. The minimum absolute atomic E-state index is 0.00172.